The van der Waals surface area contributed by atoms with Gasteiger partial charge in [0.2, 0.25) is 0 Å². The SMILES string of the molecule is Cc1ccc(Cl)c(NCc2ccccc2N)c1Cl. The van der Waals surface area contributed by atoms with Gasteiger partial charge in [0.1, 0.15) is 0 Å². The largest absolute Gasteiger partial charge is 0.398 e. The average Bonchev–Trinajstić information content (AvgIpc) is 2.36. The third-order valence-corrected chi connectivity index (χ3v) is 3.60. The summed E-state index contributed by atoms with van der Waals surface area (Å²) in [4.78, 5) is 0. The highest BCUT2D eigenvalue weighted by Gasteiger charge is 2.08. The van der Waals surface area contributed by atoms with Crippen molar-refractivity contribution < 1.29 is 0 Å². The fraction of sp³-hybridized carbons (Fsp3) is 0.143. The topological polar surface area (TPSA) is 38.0 Å². The molecule has 0 radical (unpaired) electrons. The first-order valence-electron chi connectivity index (χ1n) is 5.61. The Bertz CT molecular complexity index is 568. The van der Waals surface area contributed by atoms with Gasteiger partial charge in [-0.3, -0.25) is 0 Å². The van der Waals surface area contributed by atoms with Gasteiger partial charge in [0, 0.05) is 12.2 Å². The molecule has 2 nitrogen and oxygen atoms in total. The third kappa shape index (κ3) is 2.71. The fourth-order valence-corrected chi connectivity index (χ4v) is 2.20. The Hall–Kier alpha value is -1.38. The zero-order chi connectivity index (χ0) is 13.1. The minimum Gasteiger partial charge on any atom is -0.398 e. The maximum absolute atomic E-state index is 6.23. The van der Waals surface area contributed by atoms with E-state index in [4.69, 9.17) is 28.9 Å². The van der Waals surface area contributed by atoms with Gasteiger partial charge in [-0.15, -0.1) is 0 Å². The first kappa shape index (κ1) is 13.1. The number of halogens is 2. The van der Waals surface area contributed by atoms with Crippen LogP contribution < -0.4 is 11.1 Å². The van der Waals surface area contributed by atoms with Crippen molar-refractivity contribution in [3.05, 3.63) is 57.6 Å². The van der Waals surface area contributed by atoms with Crippen molar-refractivity contribution in [3.8, 4) is 0 Å². The number of nitrogens with one attached hydrogen (secondary N) is 1. The van der Waals surface area contributed by atoms with Crippen molar-refractivity contribution in [2.45, 2.75) is 13.5 Å². The van der Waals surface area contributed by atoms with Gasteiger partial charge in [-0.1, -0.05) is 47.5 Å². The van der Waals surface area contributed by atoms with Crippen LogP contribution in [0.25, 0.3) is 0 Å². The molecule has 94 valence electrons. The van der Waals surface area contributed by atoms with Crippen molar-refractivity contribution in [2.75, 3.05) is 11.1 Å². The monoisotopic (exact) mass is 280 g/mol. The van der Waals surface area contributed by atoms with Crippen molar-refractivity contribution in [1.29, 1.82) is 0 Å². The molecule has 2 aromatic carbocycles. The summed E-state index contributed by atoms with van der Waals surface area (Å²) >= 11 is 12.4. The van der Waals surface area contributed by atoms with E-state index in [-0.39, 0.29) is 0 Å². The summed E-state index contributed by atoms with van der Waals surface area (Å²) in [5.41, 5.74) is 9.40. The van der Waals surface area contributed by atoms with Gasteiger partial charge in [-0.2, -0.15) is 0 Å². The number of benzene rings is 2. The predicted octanol–water partition coefficient (Wildman–Crippen LogP) is 4.50. The molecular formula is C14H14Cl2N2. The van der Waals surface area contributed by atoms with Crippen LogP contribution in [0.1, 0.15) is 11.1 Å². The maximum Gasteiger partial charge on any atom is 0.0724 e. The molecule has 0 unspecified atom stereocenters. The summed E-state index contributed by atoms with van der Waals surface area (Å²) < 4.78 is 0. The third-order valence-electron chi connectivity index (χ3n) is 2.79. The smallest absolute Gasteiger partial charge is 0.0724 e. The number of nitrogens with two attached hydrogens (primary N) is 1. The summed E-state index contributed by atoms with van der Waals surface area (Å²) in [7, 11) is 0. The Kier molecular flexibility index (Phi) is 4.00. The van der Waals surface area contributed by atoms with E-state index in [1.165, 1.54) is 0 Å². The number of nitrogen functional groups attached to an aromatic ring is 1. The van der Waals surface area contributed by atoms with Crippen LogP contribution in [0.3, 0.4) is 0 Å². The van der Waals surface area contributed by atoms with E-state index in [2.05, 4.69) is 5.32 Å². The second-order valence-corrected chi connectivity index (χ2v) is 4.89. The Labute approximate surface area is 117 Å². The van der Waals surface area contributed by atoms with E-state index in [1.807, 2.05) is 43.3 Å². The van der Waals surface area contributed by atoms with Crippen LogP contribution in [0.2, 0.25) is 10.0 Å². The summed E-state index contributed by atoms with van der Waals surface area (Å²) in [5.74, 6) is 0. The molecule has 0 aliphatic rings. The molecule has 0 saturated heterocycles. The molecule has 2 aromatic rings. The Morgan fingerprint density at radius 3 is 2.56 bits per heavy atom. The zero-order valence-electron chi connectivity index (χ0n) is 10.0. The molecule has 4 heteroatoms. The van der Waals surface area contributed by atoms with E-state index in [9.17, 15) is 0 Å². The quantitative estimate of drug-likeness (QED) is 0.813. The molecule has 0 fully saturated rings. The second kappa shape index (κ2) is 5.51. The molecule has 0 heterocycles. The highest BCUT2D eigenvalue weighted by atomic mass is 35.5. The molecule has 2 rings (SSSR count). The molecular weight excluding hydrogens is 267 g/mol. The van der Waals surface area contributed by atoms with Gasteiger partial charge in [0.25, 0.3) is 0 Å². The van der Waals surface area contributed by atoms with Gasteiger partial charge in [0.15, 0.2) is 0 Å². The van der Waals surface area contributed by atoms with Crippen molar-refractivity contribution in [3.63, 3.8) is 0 Å². The highest BCUT2D eigenvalue weighted by Crippen LogP contribution is 2.33. The first-order valence-corrected chi connectivity index (χ1v) is 6.37. The maximum atomic E-state index is 6.23. The lowest BCUT2D eigenvalue weighted by Crippen LogP contribution is -2.04. The van der Waals surface area contributed by atoms with Crippen LogP contribution in [0.15, 0.2) is 36.4 Å². The molecule has 0 aliphatic heterocycles. The lowest BCUT2D eigenvalue weighted by molar-refractivity contribution is 1.15. The normalized spacial score (nSPS) is 10.4. The molecule has 18 heavy (non-hydrogen) atoms. The van der Waals surface area contributed by atoms with Gasteiger partial charge >= 0.3 is 0 Å². The second-order valence-electron chi connectivity index (χ2n) is 4.11. The van der Waals surface area contributed by atoms with Gasteiger partial charge in [-0.05, 0) is 30.2 Å². The summed E-state index contributed by atoms with van der Waals surface area (Å²) in [6.07, 6.45) is 0. The Balaban J connectivity index is 2.21. The first-order chi connectivity index (χ1) is 8.59. The van der Waals surface area contributed by atoms with Gasteiger partial charge in [-0.25, -0.2) is 0 Å². The summed E-state index contributed by atoms with van der Waals surface area (Å²) in [5, 5.41) is 4.50. The summed E-state index contributed by atoms with van der Waals surface area (Å²) in [6, 6.07) is 11.4. The molecule has 0 aromatic heterocycles. The summed E-state index contributed by atoms with van der Waals surface area (Å²) in [6.45, 7) is 2.54. The van der Waals surface area contributed by atoms with Crippen LogP contribution in [0, 0.1) is 6.92 Å². The minimum atomic E-state index is 0.593. The molecule has 0 spiro atoms. The number of aryl methyl sites for hydroxylation is 1. The standard InChI is InChI=1S/C14H14Cl2N2/c1-9-6-7-11(15)14(13(9)16)18-8-10-4-2-3-5-12(10)17/h2-7,18H,8,17H2,1H3. The zero-order valence-corrected chi connectivity index (χ0v) is 11.5. The van der Waals surface area contributed by atoms with Crippen molar-refractivity contribution in [2.24, 2.45) is 0 Å². The van der Waals surface area contributed by atoms with Crippen LogP contribution in [0.4, 0.5) is 11.4 Å². The van der Waals surface area contributed by atoms with Crippen LogP contribution in [0.5, 0.6) is 0 Å². The van der Waals surface area contributed by atoms with E-state index in [0.717, 1.165) is 22.5 Å². The van der Waals surface area contributed by atoms with E-state index >= 15 is 0 Å². The average molecular weight is 281 g/mol. The number of hydrogen-bond acceptors (Lipinski definition) is 2. The molecule has 0 atom stereocenters. The molecule has 0 amide bonds. The van der Waals surface area contributed by atoms with Crippen LogP contribution in [-0.2, 0) is 6.54 Å². The van der Waals surface area contributed by atoms with Crippen LogP contribution in [-0.4, -0.2) is 0 Å². The number of hydrogen-bond donors (Lipinski definition) is 2. The lowest BCUT2D eigenvalue weighted by Gasteiger charge is -2.13. The number of rotatable bonds is 3. The lowest BCUT2D eigenvalue weighted by atomic mass is 10.1. The molecule has 0 aliphatic carbocycles. The minimum absolute atomic E-state index is 0.593. The molecule has 3 N–H and O–H groups in total. The predicted molar refractivity (Wildman–Crippen MR) is 79.4 cm³/mol. The fourth-order valence-electron chi connectivity index (χ4n) is 1.70. The molecule has 0 saturated carbocycles. The Morgan fingerprint density at radius 1 is 1.11 bits per heavy atom. The van der Waals surface area contributed by atoms with E-state index in [1.54, 1.807) is 0 Å². The molecule has 0 bridgehead atoms. The van der Waals surface area contributed by atoms with E-state index in [0.29, 0.717) is 16.6 Å². The van der Waals surface area contributed by atoms with Crippen molar-refractivity contribution in [1.82, 2.24) is 0 Å². The number of para-hydroxylation sites is 1. The van der Waals surface area contributed by atoms with Gasteiger partial charge < -0.3 is 11.1 Å². The number of anilines is 2. The van der Waals surface area contributed by atoms with E-state index < -0.39 is 0 Å². The van der Waals surface area contributed by atoms with Crippen LogP contribution >= 0.6 is 23.2 Å². The Morgan fingerprint density at radius 2 is 1.83 bits per heavy atom. The van der Waals surface area contributed by atoms with Crippen molar-refractivity contribution >= 4 is 34.6 Å². The van der Waals surface area contributed by atoms with Gasteiger partial charge in [0.05, 0.1) is 15.7 Å². The highest BCUT2D eigenvalue weighted by molar-refractivity contribution is 6.39.